The summed E-state index contributed by atoms with van der Waals surface area (Å²) >= 11 is 0. The van der Waals surface area contributed by atoms with Gasteiger partial charge in [-0.1, -0.05) is 19.8 Å². The summed E-state index contributed by atoms with van der Waals surface area (Å²) in [5.74, 6) is 0.0773. The van der Waals surface area contributed by atoms with Gasteiger partial charge in [-0.2, -0.15) is 0 Å². The molecule has 5 heteroatoms. The third-order valence-corrected chi connectivity index (χ3v) is 3.49. The van der Waals surface area contributed by atoms with Gasteiger partial charge in [0.1, 0.15) is 0 Å². The summed E-state index contributed by atoms with van der Waals surface area (Å²) in [6.45, 7) is 6.63. The molecule has 1 atom stereocenters. The van der Waals surface area contributed by atoms with Crippen molar-refractivity contribution in [2.75, 3.05) is 26.2 Å². The van der Waals surface area contributed by atoms with Crippen LogP contribution in [-0.4, -0.2) is 48.9 Å². The van der Waals surface area contributed by atoms with Crippen LogP contribution in [0, 0.1) is 0 Å². The molecule has 1 saturated heterocycles. The van der Waals surface area contributed by atoms with Crippen LogP contribution in [0.1, 0.15) is 46.0 Å². The fourth-order valence-electron chi connectivity index (χ4n) is 2.15. The van der Waals surface area contributed by atoms with E-state index in [1.165, 1.54) is 0 Å². The smallest absolute Gasteiger partial charge is 0.236 e. The zero-order valence-corrected chi connectivity index (χ0v) is 12.2. The van der Waals surface area contributed by atoms with Gasteiger partial charge in [0.25, 0.3) is 0 Å². The fraction of sp³-hybridized carbons (Fsp3) is 0.857. The van der Waals surface area contributed by atoms with Crippen LogP contribution in [-0.2, 0) is 9.59 Å². The molecule has 5 nitrogen and oxygen atoms in total. The Morgan fingerprint density at radius 1 is 1.21 bits per heavy atom. The summed E-state index contributed by atoms with van der Waals surface area (Å²) < 4.78 is 0. The highest BCUT2D eigenvalue weighted by Gasteiger charge is 2.19. The summed E-state index contributed by atoms with van der Waals surface area (Å²) in [6, 6.07) is -0.312. The number of unbranched alkanes of at least 4 members (excludes halogenated alkanes) is 2. The number of carbonyl (C=O) groups is 2. The highest BCUT2D eigenvalue weighted by molar-refractivity contribution is 5.83. The maximum atomic E-state index is 11.8. The molecule has 0 aromatic carbocycles. The molecule has 0 aromatic rings. The van der Waals surface area contributed by atoms with E-state index in [9.17, 15) is 9.59 Å². The first-order valence-electron chi connectivity index (χ1n) is 7.44. The number of rotatable bonds is 8. The second kappa shape index (κ2) is 8.91. The van der Waals surface area contributed by atoms with E-state index in [1.807, 2.05) is 4.90 Å². The third-order valence-electron chi connectivity index (χ3n) is 3.49. The average Bonchev–Trinajstić information content (AvgIpc) is 2.94. The second-order valence-corrected chi connectivity index (χ2v) is 5.19. The van der Waals surface area contributed by atoms with E-state index >= 15 is 0 Å². The van der Waals surface area contributed by atoms with Crippen LogP contribution in [0.4, 0.5) is 0 Å². The second-order valence-electron chi connectivity index (χ2n) is 5.19. The molecular formula is C14H27N3O2. The van der Waals surface area contributed by atoms with Gasteiger partial charge >= 0.3 is 0 Å². The van der Waals surface area contributed by atoms with Crippen molar-refractivity contribution in [1.82, 2.24) is 15.5 Å². The number of nitrogens with zero attached hydrogens (tertiary/aromatic N) is 1. The molecule has 1 aliphatic heterocycles. The SMILES string of the molecule is CCCCCNC(=O)C(C)NCC(=O)N1CCCC1. The summed E-state index contributed by atoms with van der Waals surface area (Å²) in [6.07, 6.45) is 5.49. The van der Waals surface area contributed by atoms with Crippen molar-refractivity contribution in [1.29, 1.82) is 0 Å². The van der Waals surface area contributed by atoms with Crippen molar-refractivity contribution in [3.63, 3.8) is 0 Å². The van der Waals surface area contributed by atoms with Crippen LogP contribution in [0.25, 0.3) is 0 Å². The Bertz CT molecular complexity index is 288. The lowest BCUT2D eigenvalue weighted by Gasteiger charge is -2.18. The van der Waals surface area contributed by atoms with Crippen molar-refractivity contribution < 1.29 is 9.59 Å². The van der Waals surface area contributed by atoms with Gasteiger partial charge in [-0.05, 0) is 26.2 Å². The fourth-order valence-corrected chi connectivity index (χ4v) is 2.15. The Morgan fingerprint density at radius 2 is 1.89 bits per heavy atom. The molecule has 1 unspecified atom stereocenters. The van der Waals surface area contributed by atoms with Gasteiger partial charge in [0.15, 0.2) is 0 Å². The van der Waals surface area contributed by atoms with Crippen molar-refractivity contribution >= 4 is 11.8 Å². The number of likely N-dealkylation sites (tertiary alicyclic amines) is 1. The van der Waals surface area contributed by atoms with Gasteiger partial charge in [0, 0.05) is 19.6 Å². The van der Waals surface area contributed by atoms with E-state index in [0.29, 0.717) is 0 Å². The van der Waals surface area contributed by atoms with Gasteiger partial charge in [-0.15, -0.1) is 0 Å². The van der Waals surface area contributed by atoms with Crippen LogP contribution in [0.3, 0.4) is 0 Å². The first-order valence-corrected chi connectivity index (χ1v) is 7.44. The van der Waals surface area contributed by atoms with Crippen molar-refractivity contribution in [2.45, 2.75) is 52.0 Å². The monoisotopic (exact) mass is 269 g/mol. The highest BCUT2D eigenvalue weighted by Crippen LogP contribution is 2.06. The Morgan fingerprint density at radius 3 is 2.53 bits per heavy atom. The van der Waals surface area contributed by atoms with E-state index in [-0.39, 0.29) is 24.4 Å². The van der Waals surface area contributed by atoms with Gasteiger partial charge in [-0.25, -0.2) is 0 Å². The molecule has 19 heavy (non-hydrogen) atoms. The number of carbonyl (C=O) groups excluding carboxylic acids is 2. The van der Waals surface area contributed by atoms with Crippen molar-refractivity contribution in [3.05, 3.63) is 0 Å². The Hall–Kier alpha value is -1.10. The van der Waals surface area contributed by atoms with Crippen LogP contribution in [0.2, 0.25) is 0 Å². The Balaban J connectivity index is 2.13. The minimum Gasteiger partial charge on any atom is -0.355 e. The molecule has 1 rings (SSSR count). The van der Waals surface area contributed by atoms with Crippen LogP contribution >= 0.6 is 0 Å². The molecule has 1 heterocycles. The molecule has 110 valence electrons. The van der Waals surface area contributed by atoms with Crippen LogP contribution in [0.5, 0.6) is 0 Å². The van der Waals surface area contributed by atoms with E-state index in [0.717, 1.165) is 51.7 Å². The number of nitrogens with one attached hydrogen (secondary N) is 2. The van der Waals surface area contributed by atoms with E-state index < -0.39 is 0 Å². The van der Waals surface area contributed by atoms with Gasteiger partial charge < -0.3 is 10.2 Å². The molecule has 0 aromatic heterocycles. The molecule has 0 bridgehead atoms. The lowest BCUT2D eigenvalue weighted by Crippen LogP contribution is -2.46. The maximum Gasteiger partial charge on any atom is 0.236 e. The predicted octanol–water partition coefficient (Wildman–Crippen LogP) is 0.893. The standard InChI is InChI=1S/C14H27N3O2/c1-3-4-5-8-15-14(19)12(2)16-11-13(18)17-9-6-7-10-17/h12,16H,3-11H2,1-2H3,(H,15,19). The van der Waals surface area contributed by atoms with E-state index in [4.69, 9.17) is 0 Å². The molecule has 0 aliphatic carbocycles. The molecule has 2 N–H and O–H groups in total. The maximum absolute atomic E-state index is 11.8. The van der Waals surface area contributed by atoms with Crippen molar-refractivity contribution in [3.8, 4) is 0 Å². The topological polar surface area (TPSA) is 61.4 Å². The average molecular weight is 269 g/mol. The summed E-state index contributed by atoms with van der Waals surface area (Å²) in [4.78, 5) is 25.4. The van der Waals surface area contributed by atoms with Gasteiger partial charge in [-0.3, -0.25) is 14.9 Å². The third kappa shape index (κ3) is 6.05. The minimum absolute atomic E-state index is 0.0228. The van der Waals surface area contributed by atoms with Gasteiger partial charge in [0.05, 0.1) is 12.6 Å². The molecule has 1 fully saturated rings. The number of amides is 2. The molecule has 1 aliphatic rings. The normalized spacial score (nSPS) is 16.4. The first-order chi connectivity index (χ1) is 9.15. The summed E-state index contributed by atoms with van der Waals surface area (Å²) in [5.41, 5.74) is 0. The number of hydrogen-bond donors (Lipinski definition) is 2. The van der Waals surface area contributed by atoms with Crippen LogP contribution in [0.15, 0.2) is 0 Å². The van der Waals surface area contributed by atoms with Crippen molar-refractivity contribution in [2.24, 2.45) is 0 Å². The molecule has 0 spiro atoms. The molecule has 0 radical (unpaired) electrons. The quantitative estimate of drug-likeness (QED) is 0.643. The Labute approximate surface area is 116 Å². The number of hydrogen-bond acceptors (Lipinski definition) is 3. The van der Waals surface area contributed by atoms with Crippen LogP contribution < -0.4 is 10.6 Å². The summed E-state index contributed by atoms with van der Waals surface area (Å²) in [7, 11) is 0. The zero-order valence-electron chi connectivity index (χ0n) is 12.2. The highest BCUT2D eigenvalue weighted by atomic mass is 16.2. The first kappa shape index (κ1) is 16.0. The largest absolute Gasteiger partial charge is 0.355 e. The Kier molecular flexibility index (Phi) is 7.48. The zero-order chi connectivity index (χ0) is 14.1. The predicted molar refractivity (Wildman–Crippen MR) is 75.8 cm³/mol. The van der Waals surface area contributed by atoms with Gasteiger partial charge in [0.2, 0.25) is 11.8 Å². The summed E-state index contributed by atoms with van der Waals surface area (Å²) in [5, 5.41) is 5.88. The molecule has 2 amide bonds. The van der Waals surface area contributed by atoms with E-state index in [2.05, 4.69) is 17.6 Å². The van der Waals surface area contributed by atoms with E-state index in [1.54, 1.807) is 6.92 Å². The lowest BCUT2D eigenvalue weighted by molar-refractivity contribution is -0.129. The molecule has 0 saturated carbocycles. The lowest BCUT2D eigenvalue weighted by atomic mass is 10.2. The minimum atomic E-state index is -0.312. The molecular weight excluding hydrogens is 242 g/mol.